The molecule has 0 spiro atoms. The quantitative estimate of drug-likeness (QED) is 0.751. The van der Waals surface area contributed by atoms with Gasteiger partial charge in [-0.15, -0.1) is 11.8 Å². The maximum absolute atomic E-state index is 13.1. The predicted octanol–water partition coefficient (Wildman–Crippen LogP) is 5.16. The van der Waals surface area contributed by atoms with Crippen molar-refractivity contribution >= 4 is 27.7 Å². The summed E-state index contributed by atoms with van der Waals surface area (Å²) >= 11 is 5.15. The molecule has 1 nitrogen and oxygen atoms in total. The fourth-order valence-corrected chi connectivity index (χ4v) is 3.44. The highest BCUT2D eigenvalue weighted by molar-refractivity contribution is 9.10. The van der Waals surface area contributed by atoms with E-state index in [1.807, 2.05) is 24.3 Å². The zero-order valence-electron chi connectivity index (χ0n) is 11.2. The Kier molecular flexibility index (Phi) is 5.64. The summed E-state index contributed by atoms with van der Waals surface area (Å²) < 4.78 is 14.1. The highest BCUT2D eigenvalue weighted by atomic mass is 79.9. The normalized spacial score (nSPS) is 14.0. The van der Waals surface area contributed by atoms with Crippen LogP contribution >= 0.6 is 27.7 Å². The molecule has 0 heterocycles. The first-order valence-corrected chi connectivity index (χ1v) is 8.20. The monoisotopic (exact) mass is 353 g/mol. The molecule has 0 aromatic heterocycles. The number of thioether (sulfide) groups is 1. The summed E-state index contributed by atoms with van der Waals surface area (Å²) in [5, 5.41) is 0.127. The smallest absolute Gasteiger partial charge is 0.123 e. The van der Waals surface area contributed by atoms with Gasteiger partial charge in [0, 0.05) is 20.7 Å². The molecule has 106 valence electrons. The zero-order chi connectivity index (χ0) is 14.5. The van der Waals surface area contributed by atoms with Gasteiger partial charge in [-0.2, -0.15) is 0 Å². The van der Waals surface area contributed by atoms with Gasteiger partial charge in [-0.3, -0.25) is 0 Å². The van der Waals surface area contributed by atoms with Gasteiger partial charge in [-0.1, -0.05) is 35.0 Å². The van der Waals surface area contributed by atoms with E-state index < -0.39 is 0 Å². The lowest BCUT2D eigenvalue weighted by Crippen LogP contribution is -2.25. The standard InChI is InChI=1S/C16H17BrFNS/c1-2-15(19)16(11-3-7-13(18)8-4-11)20-14-9-5-12(17)6-10-14/h3-10,15-16H,2,19H2,1H3. The van der Waals surface area contributed by atoms with Crippen LogP contribution in [0, 0.1) is 5.82 Å². The van der Waals surface area contributed by atoms with Gasteiger partial charge < -0.3 is 5.73 Å². The molecule has 0 bridgehead atoms. The summed E-state index contributed by atoms with van der Waals surface area (Å²) in [6, 6.07) is 14.8. The van der Waals surface area contributed by atoms with Gasteiger partial charge in [0.1, 0.15) is 5.82 Å². The topological polar surface area (TPSA) is 26.0 Å². The first kappa shape index (κ1) is 15.5. The molecule has 2 aromatic rings. The maximum atomic E-state index is 13.1. The van der Waals surface area contributed by atoms with E-state index in [9.17, 15) is 4.39 Å². The van der Waals surface area contributed by atoms with Gasteiger partial charge in [0.25, 0.3) is 0 Å². The van der Waals surface area contributed by atoms with Gasteiger partial charge in [0.2, 0.25) is 0 Å². The van der Waals surface area contributed by atoms with Crippen molar-refractivity contribution in [3.05, 3.63) is 64.4 Å². The van der Waals surface area contributed by atoms with E-state index in [1.54, 1.807) is 11.8 Å². The molecular formula is C16H17BrFNS. The molecule has 0 saturated carbocycles. The molecule has 2 N–H and O–H groups in total. The molecule has 2 atom stereocenters. The van der Waals surface area contributed by atoms with Gasteiger partial charge in [-0.25, -0.2) is 4.39 Å². The Labute approximate surface area is 131 Å². The summed E-state index contributed by atoms with van der Waals surface area (Å²) in [4.78, 5) is 1.16. The fraction of sp³-hybridized carbons (Fsp3) is 0.250. The fourth-order valence-electron chi connectivity index (χ4n) is 1.93. The molecular weight excluding hydrogens is 337 g/mol. The molecule has 0 radical (unpaired) electrons. The van der Waals surface area contributed by atoms with Crippen molar-refractivity contribution in [2.75, 3.05) is 0 Å². The first-order valence-electron chi connectivity index (χ1n) is 6.53. The van der Waals surface area contributed by atoms with Crippen LogP contribution in [0.15, 0.2) is 57.9 Å². The Balaban J connectivity index is 2.23. The highest BCUT2D eigenvalue weighted by Gasteiger charge is 2.20. The van der Waals surface area contributed by atoms with Crippen LogP contribution in [0.3, 0.4) is 0 Å². The molecule has 0 saturated heterocycles. The Hall–Kier alpha value is -0.840. The van der Waals surface area contributed by atoms with Crippen molar-refractivity contribution in [2.45, 2.75) is 29.5 Å². The van der Waals surface area contributed by atoms with Crippen molar-refractivity contribution in [1.29, 1.82) is 0 Å². The summed E-state index contributed by atoms with van der Waals surface area (Å²) in [5.41, 5.74) is 7.30. The largest absolute Gasteiger partial charge is 0.326 e. The predicted molar refractivity (Wildman–Crippen MR) is 87.4 cm³/mol. The van der Waals surface area contributed by atoms with Crippen molar-refractivity contribution in [3.63, 3.8) is 0 Å². The average molecular weight is 354 g/mol. The maximum Gasteiger partial charge on any atom is 0.123 e. The van der Waals surface area contributed by atoms with E-state index in [0.29, 0.717) is 0 Å². The summed E-state index contributed by atoms with van der Waals surface area (Å²) in [6.07, 6.45) is 0.881. The van der Waals surface area contributed by atoms with E-state index in [4.69, 9.17) is 5.73 Å². The first-order chi connectivity index (χ1) is 9.60. The molecule has 0 aliphatic rings. The van der Waals surface area contributed by atoms with E-state index in [-0.39, 0.29) is 17.1 Å². The molecule has 2 rings (SSSR count). The SMILES string of the molecule is CCC(N)C(Sc1ccc(Br)cc1)c1ccc(F)cc1. The number of benzene rings is 2. The Morgan fingerprint density at radius 1 is 1.10 bits per heavy atom. The van der Waals surface area contributed by atoms with Gasteiger partial charge in [-0.05, 0) is 48.4 Å². The second-order valence-electron chi connectivity index (χ2n) is 4.62. The Morgan fingerprint density at radius 3 is 2.25 bits per heavy atom. The minimum atomic E-state index is -0.216. The second kappa shape index (κ2) is 7.25. The van der Waals surface area contributed by atoms with Gasteiger partial charge in [0.05, 0.1) is 0 Å². The summed E-state index contributed by atoms with van der Waals surface area (Å²) in [5.74, 6) is -0.216. The molecule has 0 amide bonds. The number of hydrogen-bond donors (Lipinski definition) is 1. The van der Waals surface area contributed by atoms with Crippen molar-refractivity contribution < 1.29 is 4.39 Å². The van der Waals surface area contributed by atoms with Crippen molar-refractivity contribution in [1.82, 2.24) is 0 Å². The highest BCUT2D eigenvalue weighted by Crippen LogP contribution is 2.38. The van der Waals surface area contributed by atoms with Crippen LogP contribution < -0.4 is 5.73 Å². The zero-order valence-corrected chi connectivity index (χ0v) is 13.6. The van der Waals surface area contributed by atoms with E-state index in [0.717, 1.165) is 21.4 Å². The Morgan fingerprint density at radius 2 is 1.70 bits per heavy atom. The molecule has 0 aliphatic carbocycles. The molecule has 0 aliphatic heterocycles. The minimum Gasteiger partial charge on any atom is -0.326 e. The lowest BCUT2D eigenvalue weighted by atomic mass is 10.0. The average Bonchev–Trinajstić information content (AvgIpc) is 2.47. The molecule has 20 heavy (non-hydrogen) atoms. The third kappa shape index (κ3) is 4.08. The molecule has 2 unspecified atom stereocenters. The molecule has 0 fully saturated rings. The third-order valence-corrected chi connectivity index (χ3v) is 5.08. The van der Waals surface area contributed by atoms with Gasteiger partial charge >= 0.3 is 0 Å². The van der Waals surface area contributed by atoms with E-state index in [1.165, 1.54) is 12.1 Å². The lowest BCUT2D eigenvalue weighted by molar-refractivity contribution is 0.618. The number of nitrogens with two attached hydrogens (primary N) is 1. The third-order valence-electron chi connectivity index (χ3n) is 3.14. The van der Waals surface area contributed by atoms with Crippen LogP contribution in [0.2, 0.25) is 0 Å². The lowest BCUT2D eigenvalue weighted by Gasteiger charge is -2.23. The van der Waals surface area contributed by atoms with Gasteiger partial charge in [0.15, 0.2) is 0 Å². The summed E-state index contributed by atoms with van der Waals surface area (Å²) in [6.45, 7) is 2.07. The van der Waals surface area contributed by atoms with Crippen LogP contribution in [0.4, 0.5) is 4.39 Å². The van der Waals surface area contributed by atoms with Crippen LogP contribution in [0.1, 0.15) is 24.2 Å². The van der Waals surface area contributed by atoms with E-state index in [2.05, 4.69) is 35.0 Å². The van der Waals surface area contributed by atoms with Crippen LogP contribution in [-0.4, -0.2) is 6.04 Å². The number of halogens is 2. The number of rotatable bonds is 5. The van der Waals surface area contributed by atoms with Crippen LogP contribution in [-0.2, 0) is 0 Å². The summed E-state index contributed by atoms with van der Waals surface area (Å²) in [7, 11) is 0. The minimum absolute atomic E-state index is 0.0362. The second-order valence-corrected chi connectivity index (χ2v) is 6.75. The Bertz CT molecular complexity index is 541. The molecule has 2 aromatic carbocycles. The van der Waals surface area contributed by atoms with Crippen molar-refractivity contribution in [3.8, 4) is 0 Å². The van der Waals surface area contributed by atoms with Crippen molar-refractivity contribution in [2.24, 2.45) is 5.73 Å². The van der Waals surface area contributed by atoms with Crippen LogP contribution in [0.25, 0.3) is 0 Å². The number of hydrogen-bond acceptors (Lipinski definition) is 2. The molecule has 4 heteroatoms. The van der Waals surface area contributed by atoms with Crippen LogP contribution in [0.5, 0.6) is 0 Å². The van der Waals surface area contributed by atoms with E-state index >= 15 is 0 Å².